The molecule has 1 aliphatic rings. The topological polar surface area (TPSA) is 51.5 Å². The zero-order valence-electron chi connectivity index (χ0n) is 14.8. The first kappa shape index (κ1) is 17.1. The smallest absolute Gasteiger partial charge is 0.236 e. The molecule has 0 atom stereocenters. The maximum absolute atomic E-state index is 12.2. The Hall–Kier alpha value is -2.31. The standard InChI is InChI=1S/C20H22N2O3S/c1-26(23,24)22-13-10-18-17(14-21-11-5-12-21)8-9-19(20(18)22)25-15-16-6-3-2-4-7-16/h2-4,6-10,13H,5,11-12,14-15H2,1H3. The molecule has 1 saturated heterocycles. The van der Waals surface area contributed by atoms with Crippen LogP contribution in [0.4, 0.5) is 0 Å². The molecule has 2 heterocycles. The first-order valence-corrected chi connectivity index (χ1v) is 10.6. The van der Waals surface area contributed by atoms with Crippen molar-refractivity contribution in [2.75, 3.05) is 19.3 Å². The molecule has 0 aliphatic carbocycles. The molecule has 26 heavy (non-hydrogen) atoms. The van der Waals surface area contributed by atoms with Gasteiger partial charge in [-0.3, -0.25) is 4.90 Å². The molecular weight excluding hydrogens is 348 g/mol. The first-order valence-electron chi connectivity index (χ1n) is 8.75. The number of benzene rings is 2. The summed E-state index contributed by atoms with van der Waals surface area (Å²) in [5, 5.41) is 0.938. The first-order chi connectivity index (χ1) is 12.5. The van der Waals surface area contributed by atoms with E-state index in [9.17, 15) is 8.42 Å². The fourth-order valence-electron chi connectivity index (χ4n) is 3.31. The summed E-state index contributed by atoms with van der Waals surface area (Å²) in [6.45, 7) is 3.43. The van der Waals surface area contributed by atoms with Gasteiger partial charge in [0.15, 0.2) is 0 Å². The van der Waals surface area contributed by atoms with Crippen molar-refractivity contribution in [3.63, 3.8) is 0 Å². The number of aromatic nitrogens is 1. The Labute approximate surface area is 153 Å². The van der Waals surface area contributed by atoms with Crippen molar-refractivity contribution in [2.24, 2.45) is 0 Å². The zero-order valence-corrected chi connectivity index (χ0v) is 15.6. The maximum atomic E-state index is 12.2. The third-order valence-corrected chi connectivity index (χ3v) is 5.82. The highest BCUT2D eigenvalue weighted by Gasteiger charge is 2.20. The Bertz CT molecular complexity index is 1020. The van der Waals surface area contributed by atoms with Crippen LogP contribution in [0, 0.1) is 0 Å². The van der Waals surface area contributed by atoms with Gasteiger partial charge in [0.2, 0.25) is 10.0 Å². The van der Waals surface area contributed by atoms with E-state index in [1.807, 2.05) is 48.5 Å². The van der Waals surface area contributed by atoms with Crippen LogP contribution >= 0.6 is 0 Å². The van der Waals surface area contributed by atoms with E-state index in [0.29, 0.717) is 17.9 Å². The van der Waals surface area contributed by atoms with Crippen LogP contribution in [0.15, 0.2) is 54.7 Å². The summed E-state index contributed by atoms with van der Waals surface area (Å²) < 4.78 is 31.8. The van der Waals surface area contributed by atoms with Crippen molar-refractivity contribution in [1.29, 1.82) is 0 Å². The van der Waals surface area contributed by atoms with Crippen molar-refractivity contribution in [3.8, 4) is 5.75 Å². The molecule has 136 valence electrons. The lowest BCUT2D eigenvalue weighted by molar-refractivity contribution is 0.173. The molecular formula is C20H22N2O3S. The molecule has 1 fully saturated rings. The molecule has 1 aliphatic heterocycles. The van der Waals surface area contributed by atoms with Crippen LogP contribution < -0.4 is 4.74 Å². The predicted octanol–water partition coefficient (Wildman–Crippen LogP) is 3.23. The van der Waals surface area contributed by atoms with Gasteiger partial charge in [0, 0.05) is 18.1 Å². The monoisotopic (exact) mass is 370 g/mol. The highest BCUT2D eigenvalue weighted by atomic mass is 32.2. The molecule has 4 rings (SSSR count). The minimum Gasteiger partial charge on any atom is -0.487 e. The lowest BCUT2D eigenvalue weighted by Gasteiger charge is -2.31. The average Bonchev–Trinajstić information content (AvgIpc) is 3.03. The highest BCUT2D eigenvalue weighted by Crippen LogP contribution is 2.32. The summed E-state index contributed by atoms with van der Waals surface area (Å²) in [6, 6.07) is 15.7. The molecule has 1 aromatic heterocycles. The third kappa shape index (κ3) is 3.34. The van der Waals surface area contributed by atoms with E-state index in [-0.39, 0.29) is 0 Å². The summed E-state index contributed by atoms with van der Waals surface area (Å²) in [5.41, 5.74) is 2.80. The van der Waals surface area contributed by atoms with E-state index in [0.717, 1.165) is 36.1 Å². The summed E-state index contributed by atoms with van der Waals surface area (Å²) in [5.74, 6) is 0.589. The van der Waals surface area contributed by atoms with Gasteiger partial charge in [-0.25, -0.2) is 12.4 Å². The number of ether oxygens (including phenoxy) is 1. The molecule has 0 spiro atoms. The predicted molar refractivity (Wildman–Crippen MR) is 103 cm³/mol. The van der Waals surface area contributed by atoms with Crippen molar-refractivity contribution < 1.29 is 13.2 Å². The summed E-state index contributed by atoms with van der Waals surface area (Å²) in [7, 11) is -3.41. The minimum atomic E-state index is -3.41. The van der Waals surface area contributed by atoms with E-state index >= 15 is 0 Å². The normalized spacial score (nSPS) is 15.1. The Morgan fingerprint density at radius 2 is 1.81 bits per heavy atom. The van der Waals surface area contributed by atoms with E-state index in [1.54, 1.807) is 6.20 Å². The molecule has 0 bridgehead atoms. The maximum Gasteiger partial charge on any atom is 0.236 e. The van der Waals surface area contributed by atoms with E-state index in [4.69, 9.17) is 4.74 Å². The van der Waals surface area contributed by atoms with Crippen molar-refractivity contribution in [3.05, 3.63) is 65.9 Å². The van der Waals surface area contributed by atoms with Crippen LogP contribution in [-0.2, 0) is 23.2 Å². The van der Waals surface area contributed by atoms with Gasteiger partial charge in [-0.1, -0.05) is 36.4 Å². The van der Waals surface area contributed by atoms with Crippen molar-refractivity contribution in [1.82, 2.24) is 8.87 Å². The Kier molecular flexibility index (Phi) is 4.46. The molecule has 0 saturated carbocycles. The van der Waals surface area contributed by atoms with Crippen LogP contribution in [0.25, 0.3) is 10.9 Å². The average molecular weight is 370 g/mol. The molecule has 0 amide bonds. The van der Waals surface area contributed by atoms with E-state index in [2.05, 4.69) is 4.90 Å². The highest BCUT2D eigenvalue weighted by molar-refractivity contribution is 7.89. The largest absolute Gasteiger partial charge is 0.487 e. The second-order valence-electron chi connectivity index (χ2n) is 6.76. The van der Waals surface area contributed by atoms with Gasteiger partial charge < -0.3 is 4.74 Å². The number of hydrogen-bond acceptors (Lipinski definition) is 4. The molecule has 2 aromatic carbocycles. The molecule has 5 nitrogen and oxygen atoms in total. The van der Waals surface area contributed by atoms with Gasteiger partial charge >= 0.3 is 0 Å². The van der Waals surface area contributed by atoms with Gasteiger partial charge in [-0.05, 0) is 42.8 Å². The number of fused-ring (bicyclic) bond motifs is 1. The quantitative estimate of drug-likeness (QED) is 0.668. The molecule has 6 heteroatoms. The molecule has 3 aromatic rings. The second kappa shape index (κ2) is 6.78. The Morgan fingerprint density at radius 3 is 2.46 bits per heavy atom. The van der Waals surface area contributed by atoms with Gasteiger partial charge in [-0.2, -0.15) is 0 Å². The summed E-state index contributed by atoms with van der Waals surface area (Å²) in [4.78, 5) is 2.36. The van der Waals surface area contributed by atoms with Crippen LogP contribution in [0.5, 0.6) is 5.75 Å². The molecule has 0 unspecified atom stereocenters. The van der Waals surface area contributed by atoms with Crippen molar-refractivity contribution in [2.45, 2.75) is 19.6 Å². The van der Waals surface area contributed by atoms with Gasteiger partial charge in [0.25, 0.3) is 0 Å². The molecule has 0 radical (unpaired) electrons. The fraction of sp³-hybridized carbons (Fsp3) is 0.300. The Balaban J connectivity index is 1.73. The second-order valence-corrected chi connectivity index (χ2v) is 8.62. The van der Waals surface area contributed by atoms with E-state index < -0.39 is 10.0 Å². The van der Waals surface area contributed by atoms with Crippen LogP contribution in [0.1, 0.15) is 17.5 Å². The number of hydrogen-bond donors (Lipinski definition) is 0. The number of nitrogens with zero attached hydrogens (tertiary/aromatic N) is 2. The summed E-state index contributed by atoms with van der Waals surface area (Å²) in [6.07, 6.45) is 4.07. The SMILES string of the molecule is CS(=O)(=O)n1ccc2c(CN3CCC3)ccc(OCc3ccccc3)c21. The number of rotatable bonds is 6. The third-order valence-electron chi connectivity index (χ3n) is 4.80. The zero-order chi connectivity index (χ0) is 18.1. The van der Waals surface area contributed by atoms with Gasteiger partial charge in [-0.15, -0.1) is 0 Å². The lowest BCUT2D eigenvalue weighted by atomic mass is 10.1. The summed E-state index contributed by atoms with van der Waals surface area (Å²) >= 11 is 0. The number of likely N-dealkylation sites (tertiary alicyclic amines) is 1. The van der Waals surface area contributed by atoms with Crippen molar-refractivity contribution >= 4 is 20.9 Å². The van der Waals surface area contributed by atoms with Gasteiger partial charge in [0.05, 0.1) is 6.26 Å². The Morgan fingerprint density at radius 1 is 1.04 bits per heavy atom. The molecule has 0 N–H and O–H groups in total. The van der Waals surface area contributed by atoms with Crippen LogP contribution in [0.3, 0.4) is 0 Å². The lowest BCUT2D eigenvalue weighted by Crippen LogP contribution is -2.36. The van der Waals surface area contributed by atoms with E-state index in [1.165, 1.54) is 16.6 Å². The van der Waals surface area contributed by atoms with Crippen LogP contribution in [0.2, 0.25) is 0 Å². The minimum absolute atomic E-state index is 0.399. The van der Waals surface area contributed by atoms with Crippen LogP contribution in [-0.4, -0.2) is 36.6 Å². The fourth-order valence-corrected chi connectivity index (χ4v) is 4.11. The van der Waals surface area contributed by atoms with Gasteiger partial charge in [0.1, 0.15) is 17.9 Å².